The first-order chi connectivity index (χ1) is 14.8. The topological polar surface area (TPSA) is 84.6 Å². The summed E-state index contributed by atoms with van der Waals surface area (Å²) in [4.78, 5) is 19.3. The molecular weight excluding hydrogens is 424 g/mol. The Labute approximate surface area is 197 Å². The van der Waals surface area contributed by atoms with Gasteiger partial charge in [-0.1, -0.05) is 20.3 Å². The number of hydrogen-bond donors (Lipinski definition) is 1. The van der Waals surface area contributed by atoms with Crippen molar-refractivity contribution in [2.24, 2.45) is 5.92 Å². The van der Waals surface area contributed by atoms with Crippen LogP contribution in [0.25, 0.3) is 16.7 Å². The Bertz CT molecular complexity index is 1040. The summed E-state index contributed by atoms with van der Waals surface area (Å²) in [6.07, 6.45) is 3.47. The Morgan fingerprint density at radius 2 is 1.94 bits per heavy atom. The number of likely N-dealkylation sites (N-methyl/N-ethyl adjacent to an activating group) is 1. The Morgan fingerprint density at radius 3 is 2.59 bits per heavy atom. The van der Waals surface area contributed by atoms with E-state index < -0.39 is 0 Å². The fourth-order valence-corrected chi connectivity index (χ4v) is 4.21. The number of hydrogen-bond acceptors (Lipinski definition) is 7. The van der Waals surface area contributed by atoms with Gasteiger partial charge in [0.2, 0.25) is 5.65 Å². The molecule has 0 aliphatic heterocycles. The number of aromatic nitrogens is 4. The number of aryl methyl sites for hydroxylation is 1. The zero-order chi connectivity index (χ0) is 22.5. The van der Waals surface area contributed by atoms with Gasteiger partial charge in [-0.2, -0.15) is 13.5 Å². The largest absolute Gasteiger partial charge is 0.497 e. The lowest BCUT2D eigenvalue weighted by Crippen LogP contribution is -2.39. The van der Waals surface area contributed by atoms with Gasteiger partial charge in [0.25, 0.3) is 0 Å². The van der Waals surface area contributed by atoms with Crippen LogP contribution >= 0.6 is 13.5 Å². The van der Waals surface area contributed by atoms with Gasteiger partial charge in [0.05, 0.1) is 24.2 Å². The summed E-state index contributed by atoms with van der Waals surface area (Å²) >= 11 is 0. The van der Waals surface area contributed by atoms with Crippen molar-refractivity contribution in [3.05, 3.63) is 24.0 Å². The number of nitrogens with zero attached hydrogens (tertiary/aromatic N) is 5. The maximum atomic E-state index is 12.5. The first-order valence-electron chi connectivity index (χ1n) is 11.0. The molecule has 32 heavy (non-hydrogen) atoms. The molecule has 0 saturated carbocycles. The van der Waals surface area contributed by atoms with Crippen LogP contribution in [0.15, 0.2) is 18.2 Å². The van der Waals surface area contributed by atoms with Crippen molar-refractivity contribution in [2.75, 3.05) is 33.1 Å². The van der Waals surface area contributed by atoms with E-state index in [1.807, 2.05) is 48.5 Å². The lowest BCUT2D eigenvalue weighted by Gasteiger charge is -2.26. The molecule has 2 heterocycles. The Hall–Kier alpha value is -2.39. The first kappa shape index (κ1) is 25.9. The molecule has 0 unspecified atom stereocenters. The van der Waals surface area contributed by atoms with Gasteiger partial charge in [0.1, 0.15) is 17.4 Å². The molecule has 0 radical (unpaired) electrons. The standard InChI is InChI=1S/C23H34N6O2.H2S/c1-15(2)21(28(4)5)20(30)10-8-7-9-13-24-22-23-27-26-16(3)29(23)19-12-11-17(31-6)14-18(19)25-22;/h11-12,14-15,21H,7-10,13H2,1-6H3,(H,24,25);1H2/t21-;/m0./s1. The molecule has 0 bridgehead atoms. The summed E-state index contributed by atoms with van der Waals surface area (Å²) in [7, 11) is 5.60. The van der Waals surface area contributed by atoms with Crippen molar-refractivity contribution in [3.8, 4) is 5.75 Å². The number of ketones is 1. The summed E-state index contributed by atoms with van der Waals surface area (Å²) < 4.78 is 7.36. The molecule has 0 aliphatic carbocycles. The van der Waals surface area contributed by atoms with Crippen LogP contribution in [0.4, 0.5) is 5.82 Å². The molecule has 176 valence electrons. The van der Waals surface area contributed by atoms with Crippen molar-refractivity contribution in [1.29, 1.82) is 0 Å². The van der Waals surface area contributed by atoms with Crippen LogP contribution in [-0.4, -0.2) is 64.1 Å². The highest BCUT2D eigenvalue weighted by atomic mass is 32.1. The molecule has 0 saturated heterocycles. The number of carbonyl (C=O) groups is 1. The smallest absolute Gasteiger partial charge is 0.204 e. The molecular formula is C23H36N6O2S. The number of ether oxygens (including phenoxy) is 1. The monoisotopic (exact) mass is 460 g/mol. The third-order valence-corrected chi connectivity index (χ3v) is 5.60. The average molecular weight is 461 g/mol. The number of fused-ring (bicyclic) bond motifs is 3. The predicted molar refractivity (Wildman–Crippen MR) is 134 cm³/mol. The van der Waals surface area contributed by atoms with Crippen LogP contribution in [0.2, 0.25) is 0 Å². The van der Waals surface area contributed by atoms with E-state index in [1.165, 1.54) is 0 Å². The van der Waals surface area contributed by atoms with Crippen molar-refractivity contribution >= 4 is 41.8 Å². The van der Waals surface area contributed by atoms with Crippen molar-refractivity contribution in [2.45, 2.75) is 52.5 Å². The summed E-state index contributed by atoms with van der Waals surface area (Å²) in [6, 6.07) is 5.81. The third-order valence-electron chi connectivity index (χ3n) is 5.60. The number of benzene rings is 1. The number of anilines is 1. The van der Waals surface area contributed by atoms with E-state index in [0.717, 1.165) is 54.1 Å². The van der Waals surface area contributed by atoms with Crippen LogP contribution in [0.5, 0.6) is 5.75 Å². The van der Waals surface area contributed by atoms with Gasteiger partial charge in [-0.3, -0.25) is 14.1 Å². The molecule has 2 aromatic heterocycles. The third kappa shape index (κ3) is 5.69. The number of unbranched alkanes of at least 4 members (excludes halogenated alkanes) is 2. The number of methoxy groups -OCH3 is 1. The van der Waals surface area contributed by atoms with E-state index in [9.17, 15) is 4.79 Å². The number of carbonyl (C=O) groups excluding carboxylic acids is 1. The van der Waals surface area contributed by atoms with Gasteiger partial charge in [-0.15, -0.1) is 10.2 Å². The number of rotatable bonds is 11. The van der Waals surface area contributed by atoms with Crippen LogP contribution in [-0.2, 0) is 4.79 Å². The van der Waals surface area contributed by atoms with E-state index >= 15 is 0 Å². The summed E-state index contributed by atoms with van der Waals surface area (Å²) in [6.45, 7) is 6.90. The molecule has 0 amide bonds. The van der Waals surface area contributed by atoms with Crippen molar-refractivity contribution in [3.63, 3.8) is 0 Å². The lowest BCUT2D eigenvalue weighted by atomic mass is 9.95. The molecule has 1 aromatic carbocycles. The van der Waals surface area contributed by atoms with Crippen LogP contribution < -0.4 is 10.1 Å². The molecule has 3 rings (SSSR count). The summed E-state index contributed by atoms with van der Waals surface area (Å²) in [5.74, 6) is 2.95. The fraction of sp³-hybridized carbons (Fsp3) is 0.565. The van der Waals surface area contributed by atoms with Gasteiger partial charge in [0.15, 0.2) is 5.82 Å². The van der Waals surface area contributed by atoms with Gasteiger partial charge >= 0.3 is 0 Å². The molecule has 8 nitrogen and oxygen atoms in total. The SMILES string of the molecule is COc1ccc2c(c1)nc(NCCCCCC(=O)[C@H](C(C)C)N(C)C)c1nnc(C)n12.S. The molecule has 0 fully saturated rings. The minimum absolute atomic E-state index is 0. The average Bonchev–Trinajstić information content (AvgIpc) is 3.11. The Morgan fingerprint density at radius 1 is 1.19 bits per heavy atom. The van der Waals surface area contributed by atoms with Crippen LogP contribution in [0.3, 0.4) is 0 Å². The normalized spacial score (nSPS) is 12.4. The summed E-state index contributed by atoms with van der Waals surface area (Å²) in [5.41, 5.74) is 2.49. The Balaban J connectivity index is 0.00000363. The van der Waals surface area contributed by atoms with Gasteiger partial charge in [-0.05, 0) is 51.9 Å². The van der Waals surface area contributed by atoms with E-state index in [4.69, 9.17) is 9.72 Å². The van der Waals surface area contributed by atoms with Crippen LogP contribution in [0, 0.1) is 12.8 Å². The highest BCUT2D eigenvalue weighted by Crippen LogP contribution is 2.25. The van der Waals surface area contributed by atoms with E-state index in [2.05, 4.69) is 29.4 Å². The second kappa shape index (κ2) is 11.5. The maximum Gasteiger partial charge on any atom is 0.204 e. The minimum atomic E-state index is 0. The van der Waals surface area contributed by atoms with E-state index in [0.29, 0.717) is 23.9 Å². The van der Waals surface area contributed by atoms with Crippen LogP contribution in [0.1, 0.15) is 45.4 Å². The summed E-state index contributed by atoms with van der Waals surface area (Å²) in [5, 5.41) is 11.9. The second-order valence-corrected chi connectivity index (χ2v) is 8.58. The quantitative estimate of drug-likeness (QED) is 0.435. The first-order valence-corrected chi connectivity index (χ1v) is 11.0. The molecule has 3 aromatic rings. The maximum absolute atomic E-state index is 12.5. The lowest BCUT2D eigenvalue weighted by molar-refractivity contribution is -0.124. The number of Topliss-reactive ketones (excluding diaryl/α,β-unsaturated/α-hetero) is 1. The van der Waals surface area contributed by atoms with Gasteiger partial charge in [0, 0.05) is 19.0 Å². The molecule has 0 aliphatic rings. The number of nitrogens with one attached hydrogen (secondary N) is 1. The van der Waals surface area contributed by atoms with Crippen molar-refractivity contribution in [1.82, 2.24) is 24.5 Å². The zero-order valence-electron chi connectivity index (χ0n) is 20.0. The predicted octanol–water partition coefficient (Wildman–Crippen LogP) is 3.83. The highest BCUT2D eigenvalue weighted by Gasteiger charge is 2.23. The fourth-order valence-electron chi connectivity index (χ4n) is 4.21. The van der Waals surface area contributed by atoms with Gasteiger partial charge < -0.3 is 10.1 Å². The molecule has 9 heteroatoms. The van der Waals surface area contributed by atoms with Crippen molar-refractivity contribution < 1.29 is 9.53 Å². The molecule has 1 atom stereocenters. The van der Waals surface area contributed by atoms with E-state index in [-0.39, 0.29) is 19.5 Å². The Kier molecular flexibility index (Phi) is 9.27. The van der Waals surface area contributed by atoms with E-state index in [1.54, 1.807) is 7.11 Å². The second-order valence-electron chi connectivity index (χ2n) is 8.58. The molecule has 1 N–H and O–H groups in total. The zero-order valence-corrected chi connectivity index (χ0v) is 21.0. The highest BCUT2D eigenvalue weighted by molar-refractivity contribution is 7.59. The van der Waals surface area contributed by atoms with Gasteiger partial charge in [-0.25, -0.2) is 4.98 Å². The molecule has 0 spiro atoms. The minimum Gasteiger partial charge on any atom is -0.497 e.